The molecule has 0 bridgehead atoms. The number of aryl methyl sites for hydroxylation is 1. The monoisotopic (exact) mass is 339 g/mol. The summed E-state index contributed by atoms with van der Waals surface area (Å²) in [5, 5.41) is 10.8. The van der Waals surface area contributed by atoms with Crippen molar-refractivity contribution in [2.75, 3.05) is 7.11 Å². The Morgan fingerprint density at radius 1 is 1.17 bits per heavy atom. The zero-order chi connectivity index (χ0) is 17.1. The quantitative estimate of drug-likeness (QED) is 0.736. The Bertz CT molecular complexity index is 956. The van der Waals surface area contributed by atoms with Crippen LogP contribution >= 0.6 is 11.8 Å². The molecule has 0 saturated heterocycles. The fourth-order valence-electron chi connectivity index (χ4n) is 3.75. The second-order valence-electron chi connectivity index (χ2n) is 6.77. The summed E-state index contributed by atoms with van der Waals surface area (Å²) in [7, 11) is 3.83. The van der Waals surface area contributed by atoms with E-state index < -0.39 is 0 Å². The minimum atomic E-state index is -0.0533. The number of thioether (sulfide) groups is 1. The van der Waals surface area contributed by atoms with Crippen molar-refractivity contribution in [2.24, 2.45) is 7.05 Å². The summed E-state index contributed by atoms with van der Waals surface area (Å²) < 4.78 is 7.63. The molecule has 4 rings (SSSR count). The molecule has 1 aliphatic heterocycles. The number of hydrogen-bond acceptors (Lipinski definition) is 3. The number of hydrogen-bond donors (Lipinski definition) is 1. The van der Waals surface area contributed by atoms with E-state index in [1.54, 1.807) is 7.11 Å². The zero-order valence-corrected chi connectivity index (χ0v) is 15.2. The van der Waals surface area contributed by atoms with Crippen LogP contribution in [0.5, 0.6) is 5.75 Å². The summed E-state index contributed by atoms with van der Waals surface area (Å²) >= 11 is 1.87. The maximum atomic E-state index is 9.53. The molecular weight excluding hydrogens is 318 g/mol. The second-order valence-corrected chi connectivity index (χ2v) is 8.43. The number of rotatable bonds is 2. The lowest BCUT2D eigenvalue weighted by Gasteiger charge is -2.32. The van der Waals surface area contributed by atoms with Gasteiger partial charge in [0.05, 0.1) is 19.4 Å². The van der Waals surface area contributed by atoms with E-state index in [1.807, 2.05) is 23.9 Å². The predicted molar refractivity (Wildman–Crippen MR) is 99.7 cm³/mol. The molecule has 0 aliphatic carbocycles. The fraction of sp³-hybridized carbons (Fsp3) is 0.300. The summed E-state index contributed by atoms with van der Waals surface area (Å²) in [6.07, 6.45) is 0. The minimum Gasteiger partial charge on any atom is -0.497 e. The first-order valence-electron chi connectivity index (χ1n) is 8.06. The van der Waals surface area contributed by atoms with Crippen LogP contribution in [0, 0.1) is 0 Å². The molecular formula is C20H21NO2S. The molecule has 24 heavy (non-hydrogen) atoms. The Morgan fingerprint density at radius 2 is 1.96 bits per heavy atom. The molecule has 0 saturated carbocycles. The van der Waals surface area contributed by atoms with E-state index in [0.29, 0.717) is 0 Å². The number of methoxy groups -OCH3 is 1. The number of aliphatic hydroxyl groups is 1. The van der Waals surface area contributed by atoms with Crippen molar-refractivity contribution < 1.29 is 9.84 Å². The first-order valence-corrected chi connectivity index (χ1v) is 8.88. The van der Waals surface area contributed by atoms with Gasteiger partial charge in [-0.25, -0.2) is 0 Å². The maximum absolute atomic E-state index is 9.53. The first-order chi connectivity index (χ1) is 11.5. The molecule has 1 N–H and O–H groups in total. The lowest BCUT2D eigenvalue weighted by atomic mass is 9.94. The van der Waals surface area contributed by atoms with Crippen LogP contribution in [0.4, 0.5) is 0 Å². The first kappa shape index (κ1) is 15.6. The number of benzene rings is 2. The highest BCUT2D eigenvalue weighted by atomic mass is 32.2. The lowest BCUT2D eigenvalue weighted by molar-refractivity contribution is 0.282. The van der Waals surface area contributed by atoms with Gasteiger partial charge in [-0.2, -0.15) is 0 Å². The van der Waals surface area contributed by atoms with E-state index >= 15 is 0 Å². The van der Waals surface area contributed by atoms with Gasteiger partial charge in [0.15, 0.2) is 0 Å². The molecule has 2 aromatic carbocycles. The third-order valence-corrected chi connectivity index (χ3v) is 6.13. The Hall–Kier alpha value is -1.91. The lowest BCUT2D eigenvalue weighted by Crippen LogP contribution is -2.17. The van der Waals surface area contributed by atoms with Gasteiger partial charge in [0.2, 0.25) is 0 Å². The third-order valence-electron chi connectivity index (χ3n) is 4.86. The van der Waals surface area contributed by atoms with Crippen LogP contribution in [0.2, 0.25) is 0 Å². The van der Waals surface area contributed by atoms with Crippen molar-refractivity contribution in [3.05, 3.63) is 47.5 Å². The molecule has 2 heterocycles. The average Bonchev–Trinajstić information content (AvgIpc) is 2.87. The number of aliphatic hydroxyl groups excluding tert-OH is 1. The van der Waals surface area contributed by atoms with Gasteiger partial charge in [0.25, 0.3) is 0 Å². The Kier molecular flexibility index (Phi) is 3.44. The summed E-state index contributed by atoms with van der Waals surface area (Å²) in [6.45, 7) is 4.61. The largest absolute Gasteiger partial charge is 0.497 e. The van der Waals surface area contributed by atoms with Gasteiger partial charge < -0.3 is 14.4 Å². The highest BCUT2D eigenvalue weighted by Crippen LogP contribution is 2.55. The van der Waals surface area contributed by atoms with Crippen LogP contribution in [-0.4, -0.2) is 16.8 Å². The summed E-state index contributed by atoms with van der Waals surface area (Å²) in [5.41, 5.74) is 6.02. The van der Waals surface area contributed by atoms with E-state index in [0.717, 1.165) is 11.3 Å². The maximum Gasteiger partial charge on any atom is 0.120 e. The predicted octanol–water partition coefficient (Wildman–Crippen LogP) is 4.69. The van der Waals surface area contributed by atoms with E-state index in [-0.39, 0.29) is 11.4 Å². The molecule has 0 atom stereocenters. The van der Waals surface area contributed by atoms with Gasteiger partial charge in [0.1, 0.15) is 5.75 Å². The summed E-state index contributed by atoms with van der Waals surface area (Å²) in [4.78, 5) is 1.25. The molecule has 4 heteroatoms. The normalized spacial score (nSPS) is 15.2. The number of aromatic nitrogens is 1. The van der Waals surface area contributed by atoms with Crippen LogP contribution < -0.4 is 4.74 Å². The molecule has 1 aromatic heterocycles. The van der Waals surface area contributed by atoms with Gasteiger partial charge in [0, 0.05) is 38.7 Å². The van der Waals surface area contributed by atoms with Gasteiger partial charge in [-0.15, -0.1) is 11.8 Å². The van der Waals surface area contributed by atoms with Gasteiger partial charge in [-0.1, -0.05) is 6.07 Å². The van der Waals surface area contributed by atoms with Crippen molar-refractivity contribution >= 4 is 22.7 Å². The molecule has 3 aromatic rings. The second kappa shape index (κ2) is 5.30. The van der Waals surface area contributed by atoms with Crippen molar-refractivity contribution in [3.63, 3.8) is 0 Å². The number of fused-ring (bicyclic) bond motifs is 5. The molecule has 3 nitrogen and oxygen atoms in total. The van der Waals surface area contributed by atoms with E-state index in [9.17, 15) is 5.11 Å². The highest BCUT2D eigenvalue weighted by Gasteiger charge is 2.36. The van der Waals surface area contributed by atoms with Gasteiger partial charge in [-0.05, 0) is 49.7 Å². The standard InChI is InChI=1S/C20H21NO2S/c1-20(2)18-15-9-12(11-22)5-8-16(15)21(3)19(18)14-7-6-13(23-4)10-17(14)24-20/h5-10,22H,11H2,1-4H3. The third kappa shape index (κ3) is 2.10. The molecule has 124 valence electrons. The zero-order valence-electron chi connectivity index (χ0n) is 14.4. The van der Waals surface area contributed by atoms with Crippen LogP contribution in [-0.2, 0) is 18.4 Å². The number of nitrogens with zero attached hydrogens (tertiary/aromatic N) is 1. The van der Waals surface area contributed by atoms with Crippen molar-refractivity contribution in [2.45, 2.75) is 30.1 Å². The molecule has 0 radical (unpaired) electrons. The van der Waals surface area contributed by atoms with Gasteiger partial charge >= 0.3 is 0 Å². The van der Waals surface area contributed by atoms with Crippen LogP contribution in [0.15, 0.2) is 41.3 Å². The van der Waals surface area contributed by atoms with Crippen LogP contribution in [0.3, 0.4) is 0 Å². The molecule has 0 fully saturated rings. The number of ether oxygens (including phenoxy) is 1. The fourth-order valence-corrected chi connectivity index (χ4v) is 5.06. The molecule has 0 amide bonds. The molecule has 1 aliphatic rings. The highest BCUT2D eigenvalue weighted by molar-refractivity contribution is 8.00. The van der Waals surface area contributed by atoms with Crippen molar-refractivity contribution in [3.8, 4) is 17.0 Å². The SMILES string of the molecule is COc1ccc2c(c1)SC(C)(C)c1c-2n(C)c2ccc(CO)cc12. The minimum absolute atomic E-state index is 0.0533. The Morgan fingerprint density at radius 3 is 2.67 bits per heavy atom. The Labute approximate surface area is 146 Å². The summed E-state index contributed by atoms with van der Waals surface area (Å²) in [6, 6.07) is 12.6. The van der Waals surface area contributed by atoms with Crippen LogP contribution in [0.1, 0.15) is 25.0 Å². The van der Waals surface area contributed by atoms with Crippen molar-refractivity contribution in [1.29, 1.82) is 0 Å². The Balaban J connectivity index is 2.10. The molecule has 0 unspecified atom stereocenters. The average molecular weight is 339 g/mol. The van der Waals surface area contributed by atoms with E-state index in [1.165, 1.54) is 32.6 Å². The molecule has 0 spiro atoms. The van der Waals surface area contributed by atoms with Gasteiger partial charge in [-0.3, -0.25) is 0 Å². The summed E-state index contributed by atoms with van der Waals surface area (Å²) in [5.74, 6) is 0.891. The topological polar surface area (TPSA) is 34.4 Å². The van der Waals surface area contributed by atoms with Crippen LogP contribution in [0.25, 0.3) is 22.2 Å². The van der Waals surface area contributed by atoms with Crippen molar-refractivity contribution in [1.82, 2.24) is 4.57 Å². The van der Waals surface area contributed by atoms with E-state index in [2.05, 4.69) is 49.7 Å². The van der Waals surface area contributed by atoms with E-state index in [4.69, 9.17) is 4.74 Å². The smallest absolute Gasteiger partial charge is 0.120 e.